The number of carboxylic acids is 1. The van der Waals surface area contributed by atoms with E-state index >= 15 is 0 Å². The van der Waals surface area contributed by atoms with Crippen LogP contribution in [0, 0.1) is 0 Å². The maximum atomic E-state index is 13.1. The van der Waals surface area contributed by atoms with Gasteiger partial charge in [0.05, 0.1) is 15.9 Å². The van der Waals surface area contributed by atoms with Crippen molar-refractivity contribution in [1.29, 1.82) is 0 Å². The number of aromatic nitrogens is 2. The van der Waals surface area contributed by atoms with Crippen LogP contribution >= 0.6 is 0 Å². The number of aromatic amines is 1. The fourth-order valence-corrected chi connectivity index (χ4v) is 5.42. The van der Waals surface area contributed by atoms with Crippen molar-refractivity contribution < 1.29 is 23.1 Å². The summed E-state index contributed by atoms with van der Waals surface area (Å²) in [6.07, 6.45) is -0.00109. The lowest BCUT2D eigenvalue weighted by atomic mass is 10.1. The monoisotopic (exact) mass is 555 g/mol. The van der Waals surface area contributed by atoms with E-state index in [-0.39, 0.29) is 11.3 Å². The summed E-state index contributed by atoms with van der Waals surface area (Å²) in [5.41, 5.74) is 3.90. The van der Waals surface area contributed by atoms with Crippen LogP contribution in [0.4, 0.5) is 16.4 Å². The molecule has 0 spiro atoms. The highest BCUT2D eigenvalue weighted by Gasteiger charge is 2.26. The predicted molar refractivity (Wildman–Crippen MR) is 153 cm³/mol. The maximum absolute atomic E-state index is 13.1. The molecule has 1 aromatic heterocycles. The van der Waals surface area contributed by atoms with Crippen LogP contribution in [0.5, 0.6) is 0 Å². The number of urea groups is 1. The molecule has 5 rings (SSSR count). The van der Waals surface area contributed by atoms with Crippen molar-refractivity contribution in [3.63, 3.8) is 0 Å². The number of anilines is 2. The summed E-state index contributed by atoms with van der Waals surface area (Å²) in [7, 11) is -4.15. The predicted octanol–water partition coefficient (Wildman–Crippen LogP) is 4.85. The molecule has 2 amide bonds. The Hall–Kier alpha value is -5.00. The number of carbonyl (C=O) groups is 2. The largest absolute Gasteiger partial charge is 0.480 e. The fraction of sp³-hybridized carbons (Fsp3) is 0.0690. The van der Waals surface area contributed by atoms with Gasteiger partial charge in [0.15, 0.2) is 0 Å². The zero-order valence-corrected chi connectivity index (χ0v) is 21.9. The van der Waals surface area contributed by atoms with Gasteiger partial charge in [-0.3, -0.25) is 10.1 Å². The second kappa shape index (κ2) is 11.4. The molecule has 0 bridgehead atoms. The number of nitrogens with one attached hydrogen (secondary N) is 4. The van der Waals surface area contributed by atoms with Crippen molar-refractivity contribution in [1.82, 2.24) is 14.7 Å². The first-order valence-corrected chi connectivity index (χ1v) is 13.8. The molecule has 0 unspecified atom stereocenters. The van der Waals surface area contributed by atoms with Crippen LogP contribution in [0.25, 0.3) is 22.2 Å². The number of para-hydroxylation sites is 2. The van der Waals surface area contributed by atoms with Gasteiger partial charge in [0.1, 0.15) is 6.04 Å². The first-order chi connectivity index (χ1) is 19.3. The van der Waals surface area contributed by atoms with E-state index in [1.165, 1.54) is 12.1 Å². The van der Waals surface area contributed by atoms with Gasteiger partial charge in [0.25, 0.3) is 0 Å². The van der Waals surface area contributed by atoms with Crippen molar-refractivity contribution in [3.05, 3.63) is 109 Å². The van der Waals surface area contributed by atoms with Gasteiger partial charge in [0, 0.05) is 5.69 Å². The summed E-state index contributed by atoms with van der Waals surface area (Å²) < 4.78 is 28.6. The fourth-order valence-electron chi connectivity index (χ4n) is 4.19. The van der Waals surface area contributed by atoms with Gasteiger partial charge in [-0.15, -0.1) is 0 Å². The summed E-state index contributed by atoms with van der Waals surface area (Å²) >= 11 is 0. The van der Waals surface area contributed by atoms with Crippen molar-refractivity contribution in [2.45, 2.75) is 17.4 Å². The van der Waals surface area contributed by atoms with Crippen LogP contribution in [0.3, 0.4) is 0 Å². The Balaban J connectivity index is 1.30. The Morgan fingerprint density at radius 1 is 0.825 bits per heavy atom. The lowest BCUT2D eigenvalue weighted by molar-refractivity contribution is -0.138. The molecule has 0 saturated heterocycles. The number of carboxylic acid groups (broad SMARTS) is 1. The van der Waals surface area contributed by atoms with E-state index in [9.17, 15) is 23.1 Å². The Kier molecular flexibility index (Phi) is 7.58. The molecule has 202 valence electrons. The molecule has 1 heterocycles. The smallest absolute Gasteiger partial charge is 0.326 e. The van der Waals surface area contributed by atoms with E-state index in [0.29, 0.717) is 28.3 Å². The number of sulfonamides is 1. The van der Waals surface area contributed by atoms with Gasteiger partial charge in [-0.25, -0.2) is 18.2 Å². The van der Waals surface area contributed by atoms with Crippen LogP contribution in [-0.4, -0.2) is 41.5 Å². The molecular formula is C29H25N5O5S. The maximum Gasteiger partial charge on any atom is 0.326 e. The minimum Gasteiger partial charge on any atom is -0.480 e. The highest BCUT2D eigenvalue weighted by atomic mass is 32.2. The first-order valence-electron chi connectivity index (χ1n) is 12.3. The number of imidazole rings is 1. The number of carbonyl (C=O) groups excluding carboxylic acids is 1. The van der Waals surface area contributed by atoms with Crippen molar-refractivity contribution in [2.24, 2.45) is 0 Å². The van der Waals surface area contributed by atoms with Crippen LogP contribution in [0.1, 0.15) is 5.56 Å². The quantitative estimate of drug-likeness (QED) is 0.175. The minimum absolute atomic E-state index is 0.00109. The van der Waals surface area contributed by atoms with E-state index in [0.717, 1.165) is 11.0 Å². The van der Waals surface area contributed by atoms with Crippen LogP contribution in [0.2, 0.25) is 0 Å². The summed E-state index contributed by atoms with van der Waals surface area (Å²) in [6.45, 7) is 0. The normalized spacial score (nSPS) is 12.1. The van der Waals surface area contributed by atoms with E-state index in [2.05, 4.69) is 25.3 Å². The highest BCUT2D eigenvalue weighted by Crippen LogP contribution is 2.25. The molecule has 11 heteroatoms. The summed E-state index contributed by atoms with van der Waals surface area (Å²) in [5, 5.41) is 15.0. The van der Waals surface area contributed by atoms with E-state index in [1.807, 2.05) is 24.3 Å². The van der Waals surface area contributed by atoms with Gasteiger partial charge in [-0.2, -0.15) is 4.72 Å². The number of aliphatic carboxylic acids is 1. The molecule has 5 N–H and O–H groups in total. The van der Waals surface area contributed by atoms with E-state index in [4.69, 9.17) is 0 Å². The van der Waals surface area contributed by atoms with Crippen LogP contribution in [-0.2, 0) is 21.2 Å². The molecule has 0 saturated carbocycles. The van der Waals surface area contributed by atoms with Crippen LogP contribution in [0.15, 0.2) is 108 Å². The number of H-pyrrole nitrogens is 1. The number of hydrogen-bond donors (Lipinski definition) is 5. The number of amides is 2. The first kappa shape index (κ1) is 26.6. The third-order valence-corrected chi connectivity index (χ3v) is 7.57. The summed E-state index contributed by atoms with van der Waals surface area (Å²) in [4.78, 5) is 31.6. The van der Waals surface area contributed by atoms with E-state index in [1.54, 1.807) is 66.7 Å². The molecule has 5 aromatic rings. The second-order valence-corrected chi connectivity index (χ2v) is 10.7. The third kappa shape index (κ3) is 6.34. The molecule has 10 nitrogen and oxygen atoms in total. The molecule has 40 heavy (non-hydrogen) atoms. The van der Waals surface area contributed by atoms with Gasteiger partial charge in [-0.1, -0.05) is 66.7 Å². The number of fused-ring (bicyclic) bond motifs is 1. The zero-order chi connectivity index (χ0) is 28.1. The number of nitrogens with zero attached hydrogens (tertiary/aromatic N) is 1. The second-order valence-electron chi connectivity index (χ2n) is 8.99. The van der Waals surface area contributed by atoms with Gasteiger partial charge >= 0.3 is 12.0 Å². The summed E-state index contributed by atoms with van der Waals surface area (Å²) in [6, 6.07) is 27.4. The number of hydrogen-bond acceptors (Lipinski definition) is 5. The number of rotatable bonds is 9. The van der Waals surface area contributed by atoms with Gasteiger partial charge in [0.2, 0.25) is 16.0 Å². The van der Waals surface area contributed by atoms with Crippen molar-refractivity contribution >= 4 is 44.7 Å². The zero-order valence-electron chi connectivity index (χ0n) is 21.0. The van der Waals surface area contributed by atoms with Gasteiger partial charge in [-0.05, 0) is 59.5 Å². The Morgan fingerprint density at radius 2 is 1.52 bits per heavy atom. The van der Waals surface area contributed by atoms with Crippen molar-refractivity contribution in [3.8, 4) is 11.1 Å². The molecular weight excluding hydrogens is 530 g/mol. The molecule has 4 aromatic carbocycles. The lowest BCUT2D eigenvalue weighted by Crippen LogP contribution is -2.42. The van der Waals surface area contributed by atoms with Crippen LogP contribution < -0.4 is 15.4 Å². The third-order valence-electron chi connectivity index (χ3n) is 6.10. The molecule has 0 radical (unpaired) electrons. The molecule has 0 aliphatic heterocycles. The van der Waals surface area contributed by atoms with Crippen molar-refractivity contribution in [2.75, 3.05) is 10.6 Å². The Morgan fingerprint density at radius 3 is 2.27 bits per heavy atom. The molecule has 0 aliphatic rings. The highest BCUT2D eigenvalue weighted by molar-refractivity contribution is 7.89. The van der Waals surface area contributed by atoms with Gasteiger partial charge < -0.3 is 15.4 Å². The Bertz CT molecular complexity index is 1750. The summed E-state index contributed by atoms with van der Waals surface area (Å²) in [5.74, 6) is -0.976. The average molecular weight is 556 g/mol. The lowest BCUT2D eigenvalue weighted by Gasteiger charge is -2.15. The molecule has 0 fully saturated rings. The topological polar surface area (TPSA) is 153 Å². The average Bonchev–Trinajstić information content (AvgIpc) is 3.35. The standard InChI is InChI=1S/C29H25N5O5S/c35-27(36)26(16-19-8-2-1-3-9-19)34-40(38,39)23-13-7-11-21(18-23)20-10-6-12-22(17-20)30-29(37)33-28-31-24-14-4-5-15-25(24)32-28/h1-15,17-18,26,34H,16H2,(H,35,36)(H3,30,31,32,33,37)/t26-/m1/s1. The minimum atomic E-state index is -4.15. The SMILES string of the molecule is O=C(Nc1cccc(-c2cccc(S(=O)(=O)N[C@H](Cc3ccccc3)C(=O)O)c2)c1)Nc1nc2ccccc2[nH]1. The van der Waals surface area contributed by atoms with E-state index < -0.39 is 28.1 Å². The molecule has 0 aliphatic carbocycles. The Labute approximate surface area is 230 Å². The molecule has 1 atom stereocenters. The number of benzene rings is 4.